The van der Waals surface area contributed by atoms with Gasteiger partial charge in [0.2, 0.25) is 0 Å². The molecule has 0 radical (unpaired) electrons. The Hall–Kier alpha value is -0.630. The van der Waals surface area contributed by atoms with E-state index in [-0.39, 0.29) is 0 Å². The highest BCUT2D eigenvalue weighted by atomic mass is 79.9. The van der Waals surface area contributed by atoms with Crippen LogP contribution >= 0.6 is 15.9 Å². The summed E-state index contributed by atoms with van der Waals surface area (Å²) in [6.45, 7) is 4.39. The van der Waals surface area contributed by atoms with Crippen LogP contribution in [-0.4, -0.2) is 5.71 Å². The number of rotatable bonds is 1. The molecule has 0 spiro atoms. The summed E-state index contributed by atoms with van der Waals surface area (Å²) in [5.74, 6) is 0.555. The van der Waals surface area contributed by atoms with Gasteiger partial charge < -0.3 is 0 Å². The second-order valence-corrected chi connectivity index (χ2v) is 4.53. The molecule has 68 valence electrons. The maximum atomic E-state index is 4.60. The largest absolute Gasteiger partial charge is 0.257 e. The van der Waals surface area contributed by atoms with Crippen molar-refractivity contribution in [3.8, 4) is 0 Å². The second-order valence-electron chi connectivity index (χ2n) is 3.67. The lowest BCUT2D eigenvalue weighted by Crippen LogP contribution is -2.06. The van der Waals surface area contributed by atoms with Crippen LogP contribution in [0.2, 0.25) is 0 Å². The first kappa shape index (κ1) is 8.95. The minimum absolute atomic E-state index is 0.555. The molecule has 0 saturated carbocycles. The van der Waals surface area contributed by atoms with Crippen LogP contribution in [0, 0.1) is 5.92 Å². The van der Waals surface area contributed by atoms with Crippen LogP contribution in [0.5, 0.6) is 0 Å². The summed E-state index contributed by atoms with van der Waals surface area (Å²) in [5.41, 5.74) is 3.77. The van der Waals surface area contributed by atoms with Crippen LogP contribution in [0.15, 0.2) is 27.7 Å². The Morgan fingerprint density at radius 2 is 2.15 bits per heavy atom. The van der Waals surface area contributed by atoms with Gasteiger partial charge in [0.25, 0.3) is 0 Å². The zero-order valence-electron chi connectivity index (χ0n) is 7.84. The van der Waals surface area contributed by atoms with E-state index in [4.69, 9.17) is 0 Å². The van der Waals surface area contributed by atoms with Crippen LogP contribution < -0.4 is 0 Å². The van der Waals surface area contributed by atoms with Crippen molar-refractivity contribution in [1.82, 2.24) is 0 Å². The van der Waals surface area contributed by atoms with Crippen LogP contribution in [0.1, 0.15) is 19.4 Å². The Kier molecular flexibility index (Phi) is 2.24. The molecule has 0 aliphatic carbocycles. The van der Waals surface area contributed by atoms with E-state index in [1.54, 1.807) is 0 Å². The highest BCUT2D eigenvalue weighted by Crippen LogP contribution is 2.33. The van der Waals surface area contributed by atoms with Gasteiger partial charge in [0.05, 0.1) is 5.69 Å². The Bertz CT molecular complexity index is 366. The fraction of sp³-hybridized carbons (Fsp3) is 0.364. The maximum absolute atomic E-state index is 4.60. The lowest BCUT2D eigenvalue weighted by atomic mass is 10.0. The minimum atomic E-state index is 0.555. The van der Waals surface area contributed by atoms with Crippen LogP contribution in [0.3, 0.4) is 0 Å². The highest BCUT2D eigenvalue weighted by Gasteiger charge is 2.18. The summed E-state index contributed by atoms with van der Waals surface area (Å²) in [5, 5.41) is 0. The van der Waals surface area contributed by atoms with Gasteiger partial charge in [0, 0.05) is 16.6 Å². The molecule has 1 heterocycles. The van der Waals surface area contributed by atoms with Crippen molar-refractivity contribution in [3.63, 3.8) is 0 Å². The molecule has 0 aromatic heterocycles. The lowest BCUT2D eigenvalue weighted by molar-refractivity contribution is 0.871. The van der Waals surface area contributed by atoms with Crippen molar-refractivity contribution in [3.05, 3.63) is 28.2 Å². The molecule has 0 unspecified atom stereocenters. The van der Waals surface area contributed by atoms with Gasteiger partial charge in [-0.2, -0.15) is 0 Å². The average molecular weight is 238 g/mol. The van der Waals surface area contributed by atoms with Gasteiger partial charge >= 0.3 is 0 Å². The Labute approximate surface area is 87.0 Å². The first-order valence-corrected chi connectivity index (χ1v) is 5.32. The first-order valence-electron chi connectivity index (χ1n) is 4.53. The van der Waals surface area contributed by atoms with Gasteiger partial charge in [-0.05, 0) is 23.6 Å². The molecular formula is C11H12BrN. The predicted octanol–water partition coefficient (Wildman–Crippen LogP) is 3.73. The molecule has 0 N–H and O–H groups in total. The number of benzene rings is 1. The van der Waals surface area contributed by atoms with E-state index >= 15 is 0 Å². The topological polar surface area (TPSA) is 12.4 Å². The molecule has 2 heteroatoms. The minimum Gasteiger partial charge on any atom is -0.257 e. The Morgan fingerprint density at radius 3 is 2.77 bits per heavy atom. The zero-order valence-corrected chi connectivity index (χ0v) is 9.43. The van der Waals surface area contributed by atoms with Crippen LogP contribution in [0.25, 0.3) is 0 Å². The van der Waals surface area contributed by atoms with Crippen molar-refractivity contribution < 1.29 is 0 Å². The van der Waals surface area contributed by atoms with Crippen molar-refractivity contribution in [2.75, 3.05) is 0 Å². The number of hydrogen-bond donors (Lipinski definition) is 0. The van der Waals surface area contributed by atoms with E-state index in [9.17, 15) is 0 Å². The molecular weight excluding hydrogens is 226 g/mol. The quantitative estimate of drug-likeness (QED) is 0.706. The smallest absolute Gasteiger partial charge is 0.0676 e. The molecule has 0 fully saturated rings. The summed E-state index contributed by atoms with van der Waals surface area (Å²) >= 11 is 3.55. The van der Waals surface area contributed by atoms with Gasteiger partial charge in [0.1, 0.15) is 0 Å². The van der Waals surface area contributed by atoms with Crippen LogP contribution in [-0.2, 0) is 6.42 Å². The fourth-order valence-electron chi connectivity index (χ4n) is 1.54. The van der Waals surface area contributed by atoms with Crippen molar-refractivity contribution in [1.29, 1.82) is 0 Å². The summed E-state index contributed by atoms with van der Waals surface area (Å²) in [4.78, 5) is 4.60. The lowest BCUT2D eigenvalue weighted by Gasteiger charge is -2.02. The van der Waals surface area contributed by atoms with E-state index in [0.717, 1.165) is 12.1 Å². The van der Waals surface area contributed by atoms with Crippen LogP contribution in [0.4, 0.5) is 5.69 Å². The zero-order chi connectivity index (χ0) is 9.42. The highest BCUT2D eigenvalue weighted by molar-refractivity contribution is 9.10. The Balaban J connectivity index is 2.41. The summed E-state index contributed by atoms with van der Waals surface area (Å²) in [7, 11) is 0. The molecule has 1 aliphatic rings. The van der Waals surface area contributed by atoms with E-state index in [0.29, 0.717) is 5.92 Å². The summed E-state index contributed by atoms with van der Waals surface area (Å²) < 4.78 is 1.18. The number of nitrogens with zero attached hydrogens (tertiary/aromatic N) is 1. The third-order valence-electron chi connectivity index (χ3n) is 2.38. The van der Waals surface area contributed by atoms with E-state index < -0.39 is 0 Å². The molecule has 0 saturated heterocycles. The molecule has 13 heavy (non-hydrogen) atoms. The fourth-order valence-corrected chi connectivity index (χ4v) is 2.03. The SMILES string of the molecule is CC(C)C1=Nc2cccc(Br)c2C1. The third kappa shape index (κ3) is 1.55. The molecule has 0 atom stereocenters. The normalized spacial score (nSPS) is 14.6. The first-order chi connectivity index (χ1) is 6.18. The molecule has 1 aliphatic heterocycles. The molecule has 1 nitrogen and oxygen atoms in total. The standard InChI is InChI=1S/C11H12BrN/c1-7(2)11-6-8-9(12)4-3-5-10(8)13-11/h3-5,7H,6H2,1-2H3. The van der Waals surface area contributed by atoms with E-state index in [2.05, 4.69) is 46.9 Å². The maximum Gasteiger partial charge on any atom is 0.0676 e. The van der Waals surface area contributed by atoms with Crippen molar-refractivity contribution in [2.45, 2.75) is 20.3 Å². The number of hydrogen-bond acceptors (Lipinski definition) is 1. The van der Waals surface area contributed by atoms with Gasteiger partial charge in [-0.3, -0.25) is 4.99 Å². The third-order valence-corrected chi connectivity index (χ3v) is 3.13. The van der Waals surface area contributed by atoms with Gasteiger partial charge in [-0.25, -0.2) is 0 Å². The average Bonchev–Trinajstić information content (AvgIpc) is 2.49. The van der Waals surface area contributed by atoms with Gasteiger partial charge in [-0.1, -0.05) is 35.8 Å². The number of aliphatic imine (C=N–C) groups is 1. The predicted molar refractivity (Wildman–Crippen MR) is 59.8 cm³/mol. The molecule has 1 aromatic carbocycles. The molecule has 0 bridgehead atoms. The summed E-state index contributed by atoms with van der Waals surface area (Å²) in [6.07, 6.45) is 1.01. The van der Waals surface area contributed by atoms with E-state index in [1.165, 1.54) is 15.7 Å². The van der Waals surface area contributed by atoms with Gasteiger partial charge in [-0.15, -0.1) is 0 Å². The number of fused-ring (bicyclic) bond motifs is 1. The monoisotopic (exact) mass is 237 g/mol. The number of halogens is 1. The van der Waals surface area contributed by atoms with Crippen molar-refractivity contribution in [2.24, 2.45) is 10.9 Å². The van der Waals surface area contributed by atoms with E-state index in [1.807, 2.05) is 6.07 Å². The Morgan fingerprint density at radius 1 is 1.38 bits per heavy atom. The molecule has 0 amide bonds. The molecule has 2 rings (SSSR count). The van der Waals surface area contributed by atoms with Gasteiger partial charge in [0.15, 0.2) is 0 Å². The second kappa shape index (κ2) is 3.26. The summed E-state index contributed by atoms with van der Waals surface area (Å²) in [6, 6.07) is 6.20. The molecule has 1 aromatic rings. The van der Waals surface area contributed by atoms with Crippen molar-refractivity contribution >= 4 is 27.3 Å².